The van der Waals surface area contributed by atoms with Gasteiger partial charge in [0.05, 0.1) is 27.2 Å². The lowest BCUT2D eigenvalue weighted by atomic mass is 10.0. The number of amides is 2. The van der Waals surface area contributed by atoms with Gasteiger partial charge in [0.25, 0.3) is 12.3 Å². The number of nitrogens with one attached hydrogen (secondary N) is 1. The molecule has 0 fully saturated rings. The number of fused-ring (bicyclic) bond motifs is 1. The molecule has 0 spiro atoms. The van der Waals surface area contributed by atoms with Gasteiger partial charge in [-0.2, -0.15) is 10.2 Å². The number of hydrogen-bond donors (Lipinski definition) is 2. The number of nitrogens with two attached hydrogens (primary N) is 1. The van der Waals surface area contributed by atoms with Crippen molar-refractivity contribution in [2.75, 3.05) is 5.32 Å². The first-order valence-corrected chi connectivity index (χ1v) is 12.2. The second-order valence-corrected chi connectivity index (χ2v) is 9.71. The molecule has 4 heterocycles. The molecule has 2 amide bonds. The number of carbonyl (C=O) groups is 2. The van der Waals surface area contributed by atoms with Crippen LogP contribution in [0.3, 0.4) is 0 Å². The Morgan fingerprint density at radius 3 is 2.46 bits per heavy atom. The van der Waals surface area contributed by atoms with E-state index >= 15 is 0 Å². The first-order valence-electron chi connectivity index (χ1n) is 10.6. The van der Waals surface area contributed by atoms with E-state index in [1.165, 1.54) is 10.7 Å². The summed E-state index contributed by atoms with van der Waals surface area (Å²) in [5, 5.41) is 11.9. The number of anilines is 1. The molecule has 3 N–H and O–H groups in total. The van der Waals surface area contributed by atoms with E-state index in [0.29, 0.717) is 28.8 Å². The number of aryl methyl sites for hydroxylation is 3. The van der Waals surface area contributed by atoms with Crippen LogP contribution in [0.15, 0.2) is 16.7 Å². The standard InChI is InChI=1S/C22H22BrF2N7O2S/c1-5-31-7-13(9(2)29-31)12-6-14(20(24)25)27-22-16(12)18(19(35-22)21(26)34)28-15(33)8-32-11(4)17(23)10(3)30-32/h6-7,20H,5,8H2,1-4H3,(H2,26,34)(H,28,33). The molecule has 184 valence electrons. The number of primary amides is 1. The molecule has 0 unspecified atom stereocenters. The number of alkyl halides is 2. The summed E-state index contributed by atoms with van der Waals surface area (Å²) in [6.45, 7) is 7.74. The average Bonchev–Trinajstić information content (AvgIpc) is 3.43. The van der Waals surface area contributed by atoms with Crippen molar-refractivity contribution in [3.8, 4) is 11.1 Å². The number of hydrogen-bond acceptors (Lipinski definition) is 6. The van der Waals surface area contributed by atoms with Crippen molar-refractivity contribution in [2.45, 2.75) is 47.2 Å². The molecule has 0 aliphatic carbocycles. The molecule has 0 bridgehead atoms. The normalized spacial score (nSPS) is 11.5. The van der Waals surface area contributed by atoms with Crippen LogP contribution in [0.2, 0.25) is 0 Å². The van der Waals surface area contributed by atoms with Gasteiger partial charge in [-0.1, -0.05) is 0 Å². The van der Waals surface area contributed by atoms with Gasteiger partial charge in [-0.3, -0.25) is 19.0 Å². The third-order valence-corrected chi connectivity index (χ3v) is 7.79. The fraction of sp³-hybridized carbons (Fsp3) is 0.318. The first kappa shape index (κ1) is 24.9. The monoisotopic (exact) mass is 565 g/mol. The Morgan fingerprint density at radius 1 is 1.20 bits per heavy atom. The smallest absolute Gasteiger partial charge is 0.280 e. The number of pyridine rings is 1. The Hall–Kier alpha value is -3.19. The summed E-state index contributed by atoms with van der Waals surface area (Å²) < 4.78 is 31.4. The third kappa shape index (κ3) is 4.57. The van der Waals surface area contributed by atoms with Gasteiger partial charge in [0.15, 0.2) is 0 Å². The van der Waals surface area contributed by atoms with Crippen molar-refractivity contribution in [2.24, 2.45) is 5.73 Å². The minimum atomic E-state index is -2.83. The van der Waals surface area contributed by atoms with Gasteiger partial charge in [0.1, 0.15) is 21.9 Å². The zero-order chi connectivity index (χ0) is 25.6. The molecule has 0 aliphatic rings. The lowest BCUT2D eigenvalue weighted by Crippen LogP contribution is -2.22. The Morgan fingerprint density at radius 2 is 1.91 bits per heavy atom. The average molecular weight is 566 g/mol. The second kappa shape index (κ2) is 9.46. The topological polar surface area (TPSA) is 121 Å². The lowest BCUT2D eigenvalue weighted by Gasteiger charge is -2.11. The highest BCUT2D eigenvalue weighted by molar-refractivity contribution is 9.10. The van der Waals surface area contributed by atoms with Crippen molar-refractivity contribution in [1.82, 2.24) is 24.5 Å². The summed E-state index contributed by atoms with van der Waals surface area (Å²) >= 11 is 4.29. The maximum Gasteiger partial charge on any atom is 0.280 e. The summed E-state index contributed by atoms with van der Waals surface area (Å²) in [7, 11) is 0. The molecular formula is C22H22BrF2N7O2S. The molecule has 0 aromatic carbocycles. The van der Waals surface area contributed by atoms with Crippen LogP contribution in [-0.2, 0) is 17.9 Å². The van der Waals surface area contributed by atoms with Gasteiger partial charge in [-0.05, 0) is 55.3 Å². The highest BCUT2D eigenvalue weighted by Crippen LogP contribution is 2.43. The van der Waals surface area contributed by atoms with Crippen molar-refractivity contribution in [3.05, 3.63) is 44.4 Å². The molecule has 35 heavy (non-hydrogen) atoms. The second-order valence-electron chi connectivity index (χ2n) is 7.92. The summed E-state index contributed by atoms with van der Waals surface area (Å²) in [6.07, 6.45) is -1.10. The molecule has 0 saturated carbocycles. The number of carbonyl (C=O) groups excluding carboxylic acids is 2. The van der Waals surface area contributed by atoms with E-state index in [1.54, 1.807) is 24.7 Å². The van der Waals surface area contributed by atoms with Gasteiger partial charge in [0.2, 0.25) is 5.91 Å². The van der Waals surface area contributed by atoms with Gasteiger partial charge in [0, 0.05) is 23.7 Å². The molecule has 0 atom stereocenters. The Balaban J connectivity index is 1.89. The first-order chi connectivity index (χ1) is 16.5. The maximum absolute atomic E-state index is 13.7. The van der Waals surface area contributed by atoms with E-state index in [0.717, 1.165) is 27.2 Å². The molecule has 9 nitrogen and oxygen atoms in total. The van der Waals surface area contributed by atoms with Gasteiger partial charge >= 0.3 is 0 Å². The highest BCUT2D eigenvalue weighted by Gasteiger charge is 2.26. The van der Waals surface area contributed by atoms with Crippen LogP contribution in [0, 0.1) is 20.8 Å². The summed E-state index contributed by atoms with van der Waals surface area (Å²) in [6, 6.07) is 1.27. The van der Waals surface area contributed by atoms with Crippen LogP contribution in [0.4, 0.5) is 14.5 Å². The quantitative estimate of drug-likeness (QED) is 0.335. The van der Waals surface area contributed by atoms with Crippen LogP contribution < -0.4 is 11.1 Å². The van der Waals surface area contributed by atoms with Crippen molar-refractivity contribution in [3.63, 3.8) is 0 Å². The van der Waals surface area contributed by atoms with Crippen molar-refractivity contribution in [1.29, 1.82) is 0 Å². The number of halogens is 3. The van der Waals surface area contributed by atoms with E-state index in [9.17, 15) is 18.4 Å². The SMILES string of the molecule is CCn1cc(-c2cc(C(F)F)nc3sc(C(N)=O)c(NC(=O)Cn4nc(C)c(Br)c4C)c23)c(C)n1. The van der Waals surface area contributed by atoms with Crippen LogP contribution in [0.25, 0.3) is 21.3 Å². The Labute approximate surface area is 211 Å². The molecule has 0 aliphatic heterocycles. The van der Waals surface area contributed by atoms with Crippen molar-refractivity contribution >= 4 is 55.0 Å². The molecule has 4 rings (SSSR count). The van der Waals surface area contributed by atoms with E-state index in [-0.39, 0.29) is 21.9 Å². The zero-order valence-corrected chi connectivity index (χ0v) is 21.7. The van der Waals surface area contributed by atoms with E-state index in [4.69, 9.17) is 5.73 Å². The van der Waals surface area contributed by atoms with Crippen LogP contribution >= 0.6 is 27.3 Å². The van der Waals surface area contributed by atoms with Crippen LogP contribution in [-0.4, -0.2) is 36.4 Å². The third-order valence-electron chi connectivity index (χ3n) is 5.54. The summed E-state index contributed by atoms with van der Waals surface area (Å²) in [4.78, 5) is 29.5. The minimum Gasteiger partial charge on any atom is -0.365 e. The Bertz CT molecular complexity index is 1470. The predicted molar refractivity (Wildman–Crippen MR) is 133 cm³/mol. The van der Waals surface area contributed by atoms with Crippen molar-refractivity contribution < 1.29 is 18.4 Å². The number of rotatable bonds is 7. The molecule has 13 heteroatoms. The van der Waals surface area contributed by atoms with Crippen LogP contribution in [0.5, 0.6) is 0 Å². The molecule has 4 aromatic rings. The summed E-state index contributed by atoms with van der Waals surface area (Å²) in [5.74, 6) is -1.27. The lowest BCUT2D eigenvalue weighted by molar-refractivity contribution is -0.116. The zero-order valence-electron chi connectivity index (χ0n) is 19.3. The molecular weight excluding hydrogens is 544 g/mol. The predicted octanol–water partition coefficient (Wildman–Crippen LogP) is 4.74. The maximum atomic E-state index is 13.7. The largest absolute Gasteiger partial charge is 0.365 e. The number of nitrogens with zero attached hydrogens (tertiary/aromatic N) is 5. The number of thiophene rings is 1. The van der Waals surface area contributed by atoms with E-state index in [1.807, 2.05) is 13.8 Å². The fourth-order valence-electron chi connectivity index (χ4n) is 3.82. The Kier molecular flexibility index (Phi) is 6.73. The highest BCUT2D eigenvalue weighted by atomic mass is 79.9. The minimum absolute atomic E-state index is 0.0172. The van der Waals surface area contributed by atoms with Crippen LogP contribution in [0.1, 0.15) is 45.8 Å². The molecule has 0 radical (unpaired) electrons. The van der Waals surface area contributed by atoms with Gasteiger partial charge in [-0.15, -0.1) is 11.3 Å². The summed E-state index contributed by atoms with van der Waals surface area (Å²) in [5.41, 5.74) is 8.36. The molecule has 4 aromatic heterocycles. The van der Waals surface area contributed by atoms with Gasteiger partial charge in [-0.25, -0.2) is 13.8 Å². The molecule has 0 saturated heterocycles. The van der Waals surface area contributed by atoms with Gasteiger partial charge < -0.3 is 11.1 Å². The number of aromatic nitrogens is 5. The van der Waals surface area contributed by atoms with E-state index in [2.05, 4.69) is 36.4 Å². The fourth-order valence-corrected chi connectivity index (χ4v) is 5.12. The van der Waals surface area contributed by atoms with E-state index < -0.39 is 23.9 Å².